The topological polar surface area (TPSA) is 38.2 Å². The molecular formula is C17H21N3OS. The van der Waals surface area contributed by atoms with E-state index in [1.807, 2.05) is 24.4 Å². The Hall–Kier alpha value is -1.46. The molecule has 4 rings (SSSR count). The van der Waals surface area contributed by atoms with E-state index >= 15 is 0 Å². The van der Waals surface area contributed by atoms with Gasteiger partial charge in [-0.05, 0) is 24.8 Å². The zero-order chi connectivity index (χ0) is 14.8. The maximum atomic E-state index is 6.03. The predicted molar refractivity (Wildman–Crippen MR) is 86.9 cm³/mol. The number of aromatic nitrogens is 2. The molecule has 1 aliphatic carbocycles. The van der Waals surface area contributed by atoms with Gasteiger partial charge in [0.15, 0.2) is 0 Å². The van der Waals surface area contributed by atoms with Crippen molar-refractivity contribution in [3.8, 4) is 5.88 Å². The number of thiazole rings is 1. The summed E-state index contributed by atoms with van der Waals surface area (Å²) in [6.45, 7) is 4.10. The Morgan fingerprint density at radius 1 is 1.32 bits per heavy atom. The summed E-state index contributed by atoms with van der Waals surface area (Å²) < 4.78 is 6.03. The van der Waals surface area contributed by atoms with Crippen LogP contribution in [0.2, 0.25) is 0 Å². The van der Waals surface area contributed by atoms with Crippen molar-refractivity contribution < 1.29 is 4.74 Å². The molecule has 22 heavy (non-hydrogen) atoms. The molecule has 2 aliphatic rings. The van der Waals surface area contributed by atoms with Crippen LogP contribution in [0.4, 0.5) is 0 Å². The van der Waals surface area contributed by atoms with Crippen molar-refractivity contribution in [2.45, 2.75) is 25.8 Å². The van der Waals surface area contributed by atoms with E-state index in [0.29, 0.717) is 5.41 Å². The molecule has 0 radical (unpaired) electrons. The SMILES string of the molecule is c1ccc(OC[C@]23CCC[C@H]2CN(Cc2nccs2)C3)nc1. The van der Waals surface area contributed by atoms with E-state index in [-0.39, 0.29) is 0 Å². The summed E-state index contributed by atoms with van der Waals surface area (Å²) >= 11 is 1.75. The highest BCUT2D eigenvalue weighted by molar-refractivity contribution is 7.09. The zero-order valence-electron chi connectivity index (χ0n) is 12.6. The lowest BCUT2D eigenvalue weighted by molar-refractivity contribution is 0.124. The fraction of sp³-hybridized carbons (Fsp3) is 0.529. The highest BCUT2D eigenvalue weighted by Gasteiger charge is 2.50. The first-order valence-corrected chi connectivity index (χ1v) is 8.87. The monoisotopic (exact) mass is 315 g/mol. The summed E-state index contributed by atoms with van der Waals surface area (Å²) in [5, 5.41) is 3.28. The average Bonchev–Trinajstić information content (AvgIpc) is 3.23. The van der Waals surface area contributed by atoms with Crippen LogP contribution in [0.3, 0.4) is 0 Å². The van der Waals surface area contributed by atoms with E-state index in [1.54, 1.807) is 17.5 Å². The van der Waals surface area contributed by atoms with Crippen LogP contribution in [-0.4, -0.2) is 34.6 Å². The van der Waals surface area contributed by atoms with Crippen LogP contribution >= 0.6 is 11.3 Å². The minimum Gasteiger partial charge on any atom is -0.477 e. The van der Waals surface area contributed by atoms with Crippen LogP contribution in [0.25, 0.3) is 0 Å². The molecule has 0 aromatic carbocycles. The predicted octanol–water partition coefficient (Wildman–Crippen LogP) is 3.22. The van der Waals surface area contributed by atoms with Crippen LogP contribution in [0.15, 0.2) is 36.0 Å². The lowest BCUT2D eigenvalue weighted by atomic mass is 9.82. The molecule has 5 heteroatoms. The molecule has 0 amide bonds. The smallest absolute Gasteiger partial charge is 0.213 e. The zero-order valence-corrected chi connectivity index (χ0v) is 13.5. The van der Waals surface area contributed by atoms with Crippen molar-refractivity contribution >= 4 is 11.3 Å². The van der Waals surface area contributed by atoms with E-state index in [1.165, 1.54) is 30.8 Å². The summed E-state index contributed by atoms with van der Waals surface area (Å²) in [5.41, 5.74) is 0.314. The summed E-state index contributed by atoms with van der Waals surface area (Å²) in [6, 6.07) is 5.85. The lowest BCUT2D eigenvalue weighted by Crippen LogP contribution is -2.33. The van der Waals surface area contributed by atoms with Crippen LogP contribution in [0, 0.1) is 11.3 Å². The molecule has 3 heterocycles. The standard InChI is InChI=1S/C17H21N3OS/c1-2-7-18-15(5-1)21-13-17-6-3-4-14(17)10-20(12-17)11-16-19-8-9-22-16/h1-2,5,7-9,14H,3-4,6,10-13H2/t14-,17+/m0/s1. The van der Waals surface area contributed by atoms with Crippen LogP contribution in [-0.2, 0) is 6.54 Å². The third kappa shape index (κ3) is 2.75. The quantitative estimate of drug-likeness (QED) is 0.849. The Morgan fingerprint density at radius 3 is 3.14 bits per heavy atom. The molecule has 1 aliphatic heterocycles. The fourth-order valence-corrected chi connectivity index (χ4v) is 4.71. The molecule has 2 atom stereocenters. The number of likely N-dealkylation sites (tertiary alicyclic amines) is 1. The van der Waals surface area contributed by atoms with Gasteiger partial charge in [-0.2, -0.15) is 0 Å². The average molecular weight is 315 g/mol. The highest BCUT2D eigenvalue weighted by Crippen LogP contribution is 2.49. The third-order valence-electron chi connectivity index (χ3n) is 5.10. The summed E-state index contributed by atoms with van der Waals surface area (Å²) in [4.78, 5) is 11.3. The Labute approximate surface area is 135 Å². The van der Waals surface area contributed by atoms with Gasteiger partial charge in [-0.15, -0.1) is 11.3 Å². The number of pyridine rings is 1. The molecule has 116 valence electrons. The number of hydrogen-bond acceptors (Lipinski definition) is 5. The number of ether oxygens (including phenoxy) is 1. The molecule has 1 saturated carbocycles. The molecule has 0 unspecified atom stereocenters. The fourth-order valence-electron chi connectivity index (χ4n) is 4.05. The van der Waals surface area contributed by atoms with Crippen molar-refractivity contribution in [1.29, 1.82) is 0 Å². The summed E-state index contributed by atoms with van der Waals surface area (Å²) in [5.74, 6) is 1.51. The lowest BCUT2D eigenvalue weighted by Gasteiger charge is -2.28. The van der Waals surface area contributed by atoms with Gasteiger partial charge in [-0.25, -0.2) is 9.97 Å². The van der Waals surface area contributed by atoms with E-state index in [4.69, 9.17) is 4.74 Å². The molecule has 4 nitrogen and oxygen atoms in total. The van der Waals surface area contributed by atoms with E-state index in [0.717, 1.165) is 31.5 Å². The number of nitrogens with zero attached hydrogens (tertiary/aromatic N) is 3. The second-order valence-corrected chi connectivity index (χ2v) is 7.48. The molecule has 1 saturated heterocycles. The third-order valence-corrected chi connectivity index (χ3v) is 5.86. The molecule has 2 aromatic heterocycles. The van der Waals surface area contributed by atoms with Gasteiger partial charge >= 0.3 is 0 Å². The Kier molecular flexibility index (Phi) is 3.84. The number of fused-ring (bicyclic) bond motifs is 1. The molecular weight excluding hydrogens is 294 g/mol. The minimum atomic E-state index is 0.314. The van der Waals surface area contributed by atoms with E-state index < -0.39 is 0 Å². The van der Waals surface area contributed by atoms with Gasteiger partial charge < -0.3 is 4.74 Å². The maximum absolute atomic E-state index is 6.03. The van der Waals surface area contributed by atoms with Crippen LogP contribution in [0.5, 0.6) is 5.88 Å². The van der Waals surface area contributed by atoms with Gasteiger partial charge in [-0.1, -0.05) is 12.5 Å². The Bertz CT molecular complexity index is 604. The van der Waals surface area contributed by atoms with Gasteiger partial charge in [-0.3, -0.25) is 4.90 Å². The molecule has 0 spiro atoms. The maximum Gasteiger partial charge on any atom is 0.213 e. The normalized spacial score (nSPS) is 27.9. The number of hydrogen-bond donors (Lipinski definition) is 0. The second kappa shape index (κ2) is 5.97. The van der Waals surface area contributed by atoms with Gasteiger partial charge in [0.2, 0.25) is 5.88 Å². The van der Waals surface area contributed by atoms with Crippen molar-refractivity contribution in [1.82, 2.24) is 14.9 Å². The highest BCUT2D eigenvalue weighted by atomic mass is 32.1. The summed E-state index contributed by atoms with van der Waals surface area (Å²) in [7, 11) is 0. The van der Waals surface area contributed by atoms with Gasteiger partial charge in [0.1, 0.15) is 5.01 Å². The van der Waals surface area contributed by atoms with Crippen molar-refractivity contribution in [2.75, 3.05) is 19.7 Å². The molecule has 0 bridgehead atoms. The first-order chi connectivity index (χ1) is 10.8. The van der Waals surface area contributed by atoms with E-state index in [9.17, 15) is 0 Å². The van der Waals surface area contributed by atoms with Gasteiger partial charge in [0, 0.05) is 42.3 Å². The van der Waals surface area contributed by atoms with Crippen molar-refractivity contribution in [3.63, 3.8) is 0 Å². The molecule has 2 aromatic rings. The van der Waals surface area contributed by atoms with Gasteiger partial charge in [0.05, 0.1) is 13.2 Å². The Morgan fingerprint density at radius 2 is 2.32 bits per heavy atom. The first-order valence-electron chi connectivity index (χ1n) is 7.99. The summed E-state index contributed by atoms with van der Waals surface area (Å²) in [6.07, 6.45) is 7.64. The van der Waals surface area contributed by atoms with Crippen molar-refractivity contribution in [2.24, 2.45) is 11.3 Å². The first kappa shape index (κ1) is 14.2. The molecule has 0 N–H and O–H groups in total. The number of rotatable bonds is 5. The van der Waals surface area contributed by atoms with Crippen LogP contribution < -0.4 is 4.74 Å². The molecule has 2 fully saturated rings. The van der Waals surface area contributed by atoms with Crippen LogP contribution in [0.1, 0.15) is 24.3 Å². The minimum absolute atomic E-state index is 0.314. The van der Waals surface area contributed by atoms with Crippen molar-refractivity contribution in [3.05, 3.63) is 41.0 Å². The second-order valence-electron chi connectivity index (χ2n) is 6.50. The van der Waals surface area contributed by atoms with E-state index in [2.05, 4.69) is 20.2 Å². The Balaban J connectivity index is 1.42. The van der Waals surface area contributed by atoms with Gasteiger partial charge in [0.25, 0.3) is 0 Å². The largest absolute Gasteiger partial charge is 0.477 e.